The molecule has 0 bridgehead atoms. The van der Waals surface area contributed by atoms with Crippen LogP contribution in [0.15, 0.2) is 30.3 Å². The van der Waals surface area contributed by atoms with Crippen molar-refractivity contribution in [2.24, 2.45) is 5.84 Å². The molecule has 2 aromatic rings. The lowest BCUT2D eigenvalue weighted by molar-refractivity contribution is 0.475. The fourth-order valence-electron chi connectivity index (χ4n) is 1.82. The van der Waals surface area contributed by atoms with E-state index in [-0.39, 0.29) is 5.75 Å². The molecule has 0 amide bonds. The molecule has 20 heavy (non-hydrogen) atoms. The number of hydrazine groups is 1. The van der Waals surface area contributed by atoms with E-state index in [1.54, 1.807) is 18.2 Å². The maximum absolute atomic E-state index is 9.22. The van der Waals surface area contributed by atoms with Crippen molar-refractivity contribution in [2.45, 2.75) is 19.8 Å². The van der Waals surface area contributed by atoms with Crippen LogP contribution in [0.25, 0.3) is 0 Å². The molecule has 0 spiro atoms. The Balaban J connectivity index is 1.94. The first-order chi connectivity index (χ1) is 9.71. The SMILES string of the molecule is CCc1nc(NN)cc(NCCc2ccc(O)cc2)n1. The summed E-state index contributed by atoms with van der Waals surface area (Å²) < 4.78 is 0. The summed E-state index contributed by atoms with van der Waals surface area (Å²) in [5.74, 6) is 7.76. The highest BCUT2D eigenvalue weighted by Crippen LogP contribution is 2.12. The highest BCUT2D eigenvalue weighted by atomic mass is 16.3. The van der Waals surface area contributed by atoms with Gasteiger partial charge < -0.3 is 15.8 Å². The molecule has 0 aliphatic heterocycles. The van der Waals surface area contributed by atoms with Crippen molar-refractivity contribution in [1.82, 2.24) is 9.97 Å². The van der Waals surface area contributed by atoms with E-state index in [1.165, 1.54) is 0 Å². The molecule has 0 unspecified atom stereocenters. The highest BCUT2D eigenvalue weighted by molar-refractivity contribution is 5.47. The van der Waals surface area contributed by atoms with E-state index >= 15 is 0 Å². The van der Waals surface area contributed by atoms with Gasteiger partial charge in [-0.3, -0.25) is 0 Å². The summed E-state index contributed by atoms with van der Waals surface area (Å²) in [5.41, 5.74) is 3.69. The molecule has 106 valence electrons. The quantitative estimate of drug-likeness (QED) is 0.472. The molecular formula is C14H19N5O. The lowest BCUT2D eigenvalue weighted by atomic mass is 10.1. The molecule has 0 saturated carbocycles. The first kappa shape index (κ1) is 14.1. The molecule has 6 nitrogen and oxygen atoms in total. The van der Waals surface area contributed by atoms with Crippen LogP contribution in [0.5, 0.6) is 5.75 Å². The van der Waals surface area contributed by atoms with E-state index in [0.29, 0.717) is 5.82 Å². The minimum absolute atomic E-state index is 0.281. The third-order valence-corrected chi connectivity index (χ3v) is 2.89. The van der Waals surface area contributed by atoms with Crippen LogP contribution in [0.1, 0.15) is 18.3 Å². The molecule has 5 N–H and O–H groups in total. The van der Waals surface area contributed by atoms with Crippen LogP contribution >= 0.6 is 0 Å². The summed E-state index contributed by atoms with van der Waals surface area (Å²) in [7, 11) is 0. The smallest absolute Gasteiger partial charge is 0.145 e. The summed E-state index contributed by atoms with van der Waals surface area (Å²) in [6.45, 7) is 2.74. The van der Waals surface area contributed by atoms with Crippen molar-refractivity contribution < 1.29 is 5.11 Å². The third-order valence-electron chi connectivity index (χ3n) is 2.89. The van der Waals surface area contributed by atoms with E-state index in [1.807, 2.05) is 19.1 Å². The van der Waals surface area contributed by atoms with Gasteiger partial charge in [-0.05, 0) is 24.1 Å². The Morgan fingerprint density at radius 3 is 2.50 bits per heavy atom. The van der Waals surface area contributed by atoms with E-state index in [9.17, 15) is 5.11 Å². The highest BCUT2D eigenvalue weighted by Gasteiger charge is 2.02. The van der Waals surface area contributed by atoms with Gasteiger partial charge in [0, 0.05) is 19.0 Å². The number of phenolic OH excluding ortho intramolecular Hbond substituents is 1. The van der Waals surface area contributed by atoms with E-state index in [4.69, 9.17) is 5.84 Å². The zero-order chi connectivity index (χ0) is 14.4. The number of nitrogens with one attached hydrogen (secondary N) is 2. The van der Waals surface area contributed by atoms with Crippen molar-refractivity contribution in [3.05, 3.63) is 41.7 Å². The van der Waals surface area contributed by atoms with Crippen LogP contribution in [-0.4, -0.2) is 21.6 Å². The van der Waals surface area contributed by atoms with Crippen molar-refractivity contribution in [1.29, 1.82) is 0 Å². The van der Waals surface area contributed by atoms with E-state index < -0.39 is 0 Å². The number of benzene rings is 1. The fraction of sp³-hybridized carbons (Fsp3) is 0.286. The van der Waals surface area contributed by atoms with Crippen molar-refractivity contribution in [2.75, 3.05) is 17.3 Å². The average molecular weight is 273 g/mol. The minimum Gasteiger partial charge on any atom is -0.508 e. The standard InChI is InChI=1S/C14H19N5O/c1-2-12-17-13(9-14(18-12)19-15)16-8-7-10-3-5-11(20)6-4-10/h3-6,9,20H,2,7-8,15H2,1H3,(H2,16,17,18,19). The second kappa shape index (κ2) is 6.72. The van der Waals surface area contributed by atoms with E-state index in [2.05, 4.69) is 20.7 Å². The summed E-state index contributed by atoms with van der Waals surface area (Å²) >= 11 is 0. The van der Waals surface area contributed by atoms with E-state index in [0.717, 1.165) is 36.6 Å². The maximum Gasteiger partial charge on any atom is 0.145 e. The Labute approximate surface area is 118 Å². The summed E-state index contributed by atoms with van der Waals surface area (Å²) in [6, 6.07) is 8.95. The topological polar surface area (TPSA) is 96.1 Å². The Bertz CT molecular complexity index is 534. The number of aryl methyl sites for hydroxylation is 1. The molecule has 0 radical (unpaired) electrons. The first-order valence-electron chi connectivity index (χ1n) is 6.57. The van der Waals surface area contributed by atoms with Gasteiger partial charge in [-0.25, -0.2) is 15.8 Å². The zero-order valence-corrected chi connectivity index (χ0v) is 11.4. The molecule has 6 heteroatoms. The Morgan fingerprint density at radius 2 is 1.85 bits per heavy atom. The number of hydrogen-bond donors (Lipinski definition) is 4. The molecule has 0 aliphatic rings. The molecule has 0 aliphatic carbocycles. The summed E-state index contributed by atoms with van der Waals surface area (Å²) in [5, 5.41) is 12.5. The van der Waals surface area contributed by atoms with Gasteiger partial charge in [-0.1, -0.05) is 19.1 Å². The molecule has 1 aromatic carbocycles. The summed E-state index contributed by atoms with van der Waals surface area (Å²) in [6.07, 6.45) is 1.60. The van der Waals surface area contributed by atoms with Crippen LogP contribution < -0.4 is 16.6 Å². The molecule has 2 rings (SSSR count). The van der Waals surface area contributed by atoms with Gasteiger partial charge in [0.2, 0.25) is 0 Å². The number of nitrogen functional groups attached to an aromatic ring is 1. The molecule has 1 aromatic heterocycles. The number of aromatic nitrogens is 2. The largest absolute Gasteiger partial charge is 0.508 e. The van der Waals surface area contributed by atoms with Crippen LogP contribution in [-0.2, 0) is 12.8 Å². The first-order valence-corrected chi connectivity index (χ1v) is 6.57. The van der Waals surface area contributed by atoms with Gasteiger partial charge >= 0.3 is 0 Å². The van der Waals surface area contributed by atoms with Crippen molar-refractivity contribution >= 4 is 11.6 Å². The minimum atomic E-state index is 0.281. The lowest BCUT2D eigenvalue weighted by Crippen LogP contribution is -2.13. The predicted molar refractivity (Wildman–Crippen MR) is 79.5 cm³/mol. The van der Waals surface area contributed by atoms with Gasteiger partial charge in [0.1, 0.15) is 23.2 Å². The monoisotopic (exact) mass is 273 g/mol. The van der Waals surface area contributed by atoms with Crippen LogP contribution in [0.3, 0.4) is 0 Å². The Kier molecular flexibility index (Phi) is 4.73. The fourth-order valence-corrected chi connectivity index (χ4v) is 1.82. The maximum atomic E-state index is 9.22. The van der Waals surface area contributed by atoms with Crippen LogP contribution in [0, 0.1) is 0 Å². The second-order valence-corrected chi connectivity index (χ2v) is 4.40. The molecule has 0 atom stereocenters. The predicted octanol–water partition coefficient (Wildman–Crippen LogP) is 1.68. The van der Waals surface area contributed by atoms with Gasteiger partial charge in [0.05, 0.1) is 0 Å². The number of nitrogens with two attached hydrogens (primary N) is 1. The number of anilines is 2. The number of aromatic hydroxyl groups is 1. The number of nitrogens with zero attached hydrogens (tertiary/aromatic N) is 2. The summed E-state index contributed by atoms with van der Waals surface area (Å²) in [4.78, 5) is 8.62. The van der Waals surface area contributed by atoms with Crippen LogP contribution in [0.4, 0.5) is 11.6 Å². The molecule has 0 saturated heterocycles. The number of rotatable bonds is 6. The molecule has 0 fully saturated rings. The van der Waals surface area contributed by atoms with Gasteiger partial charge in [-0.15, -0.1) is 0 Å². The normalized spacial score (nSPS) is 10.3. The second-order valence-electron chi connectivity index (χ2n) is 4.40. The van der Waals surface area contributed by atoms with Crippen molar-refractivity contribution in [3.8, 4) is 5.75 Å². The number of hydrogen-bond acceptors (Lipinski definition) is 6. The number of phenols is 1. The van der Waals surface area contributed by atoms with Gasteiger partial charge in [0.15, 0.2) is 0 Å². The van der Waals surface area contributed by atoms with Crippen LogP contribution in [0.2, 0.25) is 0 Å². The van der Waals surface area contributed by atoms with Crippen molar-refractivity contribution in [3.63, 3.8) is 0 Å². The molecular weight excluding hydrogens is 254 g/mol. The average Bonchev–Trinajstić information content (AvgIpc) is 2.49. The Hall–Kier alpha value is -2.34. The van der Waals surface area contributed by atoms with Gasteiger partial charge in [0.25, 0.3) is 0 Å². The molecule has 1 heterocycles. The lowest BCUT2D eigenvalue weighted by Gasteiger charge is -2.09. The van der Waals surface area contributed by atoms with Gasteiger partial charge in [-0.2, -0.15) is 0 Å². The third kappa shape index (κ3) is 3.83. The Morgan fingerprint density at radius 1 is 1.15 bits per heavy atom. The zero-order valence-electron chi connectivity index (χ0n) is 11.4.